The Morgan fingerprint density at radius 1 is 0.846 bits per heavy atom. The maximum Gasteiger partial charge on any atom is 0.0201 e. The number of allylic oxidation sites excluding steroid dienone is 2. The molecule has 0 bridgehead atoms. The monoisotopic (exact) mass is 187 g/mol. The van der Waals surface area contributed by atoms with Crippen molar-refractivity contribution in [3.63, 3.8) is 0 Å². The topological polar surface area (TPSA) is 12.0 Å². The minimum Gasteiger partial charge on any atom is -0.386 e. The van der Waals surface area contributed by atoms with Crippen molar-refractivity contribution >= 4 is 0 Å². The molecule has 0 radical (unpaired) electrons. The predicted octanol–water partition coefficient (Wildman–Crippen LogP) is 4.35. The van der Waals surface area contributed by atoms with E-state index < -0.39 is 0 Å². The van der Waals surface area contributed by atoms with Crippen LogP contribution >= 0.6 is 0 Å². The summed E-state index contributed by atoms with van der Waals surface area (Å²) in [6.45, 7) is 18.6. The summed E-state index contributed by atoms with van der Waals surface area (Å²) in [6, 6.07) is 0.555. The van der Waals surface area contributed by atoms with Gasteiger partial charge in [0, 0.05) is 11.7 Å². The van der Waals surface area contributed by atoms with Crippen molar-refractivity contribution in [2.24, 2.45) is 0 Å². The fourth-order valence-corrected chi connectivity index (χ4v) is 0.577. The number of hydrogen-bond donors (Lipinski definition) is 1. The number of rotatable bonds is 2. The molecular weight excluding hydrogens is 158 g/mol. The normalized spacial score (nSPS) is 7.54. The zero-order chi connectivity index (χ0) is 11.4. The van der Waals surface area contributed by atoms with Gasteiger partial charge in [-0.25, -0.2) is 0 Å². The standard InChI is InChI=1S/C8H17N.2C2H6/c1-6(2)8(5)9-7(3)4;2*1-2/h7,9H,1-5H3;2*1-2H3. The molecule has 0 aliphatic rings. The molecule has 13 heavy (non-hydrogen) atoms. The van der Waals surface area contributed by atoms with Crippen LogP contribution in [0.2, 0.25) is 0 Å². The van der Waals surface area contributed by atoms with E-state index in [1.807, 2.05) is 27.7 Å². The third-order valence-corrected chi connectivity index (χ3v) is 1.26. The molecule has 0 amide bonds. The molecule has 0 unspecified atom stereocenters. The summed E-state index contributed by atoms with van der Waals surface area (Å²) in [6.07, 6.45) is 0. The molecule has 0 aromatic carbocycles. The van der Waals surface area contributed by atoms with Crippen LogP contribution in [0.5, 0.6) is 0 Å². The Bertz CT molecular complexity index is 108. The van der Waals surface area contributed by atoms with Gasteiger partial charge in [-0.2, -0.15) is 0 Å². The number of hydrogen-bond acceptors (Lipinski definition) is 1. The fourth-order valence-electron chi connectivity index (χ4n) is 0.577. The van der Waals surface area contributed by atoms with Crippen molar-refractivity contribution < 1.29 is 0 Å². The van der Waals surface area contributed by atoms with Gasteiger partial charge < -0.3 is 5.32 Å². The van der Waals surface area contributed by atoms with Gasteiger partial charge in [-0.05, 0) is 34.6 Å². The Balaban J connectivity index is -0.000000218. The van der Waals surface area contributed by atoms with E-state index in [-0.39, 0.29) is 0 Å². The summed E-state index contributed by atoms with van der Waals surface area (Å²) in [5.41, 5.74) is 2.66. The van der Waals surface area contributed by atoms with Crippen molar-refractivity contribution in [3.05, 3.63) is 11.3 Å². The van der Waals surface area contributed by atoms with Crippen molar-refractivity contribution in [2.75, 3.05) is 0 Å². The molecule has 0 aromatic heterocycles. The summed E-state index contributed by atoms with van der Waals surface area (Å²) in [5, 5.41) is 3.32. The molecule has 0 aromatic rings. The molecule has 0 aliphatic heterocycles. The fraction of sp³-hybridized carbons (Fsp3) is 0.833. The minimum atomic E-state index is 0.555. The Morgan fingerprint density at radius 3 is 1.23 bits per heavy atom. The van der Waals surface area contributed by atoms with E-state index >= 15 is 0 Å². The van der Waals surface area contributed by atoms with E-state index in [0.29, 0.717) is 6.04 Å². The van der Waals surface area contributed by atoms with Crippen molar-refractivity contribution in [1.29, 1.82) is 0 Å². The van der Waals surface area contributed by atoms with Crippen LogP contribution < -0.4 is 5.32 Å². The van der Waals surface area contributed by atoms with E-state index in [9.17, 15) is 0 Å². The average molecular weight is 187 g/mol. The lowest BCUT2D eigenvalue weighted by Crippen LogP contribution is -2.20. The van der Waals surface area contributed by atoms with Crippen molar-refractivity contribution in [2.45, 2.75) is 68.4 Å². The van der Waals surface area contributed by atoms with Crippen molar-refractivity contribution in [1.82, 2.24) is 5.32 Å². The first-order valence-electron chi connectivity index (χ1n) is 5.44. The van der Waals surface area contributed by atoms with Gasteiger partial charge in [0.1, 0.15) is 0 Å². The first-order valence-corrected chi connectivity index (χ1v) is 5.44. The Labute approximate surface area is 85.6 Å². The van der Waals surface area contributed by atoms with Gasteiger partial charge in [-0.15, -0.1) is 0 Å². The van der Waals surface area contributed by atoms with Crippen LogP contribution in [0.1, 0.15) is 62.3 Å². The second-order valence-corrected chi connectivity index (χ2v) is 2.92. The molecule has 0 heterocycles. The SMILES string of the molecule is CC.CC.CC(C)=C(C)NC(C)C. The molecular formula is C12H29N. The van der Waals surface area contributed by atoms with Gasteiger partial charge in [0.05, 0.1) is 0 Å². The Kier molecular flexibility index (Phi) is 19.9. The highest BCUT2D eigenvalue weighted by Gasteiger charge is 1.92. The third kappa shape index (κ3) is 18.5. The Hall–Kier alpha value is -0.460. The number of nitrogens with one attached hydrogen (secondary N) is 1. The lowest BCUT2D eigenvalue weighted by atomic mass is 10.2. The average Bonchev–Trinajstić information content (AvgIpc) is 2.10. The highest BCUT2D eigenvalue weighted by atomic mass is 14.9. The second-order valence-electron chi connectivity index (χ2n) is 2.92. The molecule has 0 saturated heterocycles. The van der Waals surface area contributed by atoms with Gasteiger partial charge >= 0.3 is 0 Å². The van der Waals surface area contributed by atoms with Gasteiger partial charge in [0.25, 0.3) is 0 Å². The Morgan fingerprint density at radius 2 is 1.15 bits per heavy atom. The minimum absolute atomic E-state index is 0.555. The van der Waals surface area contributed by atoms with E-state index in [2.05, 4.69) is 39.9 Å². The molecule has 1 nitrogen and oxygen atoms in total. The van der Waals surface area contributed by atoms with Gasteiger partial charge in [-0.1, -0.05) is 33.3 Å². The maximum absolute atomic E-state index is 3.32. The highest BCUT2D eigenvalue weighted by Crippen LogP contribution is 1.97. The van der Waals surface area contributed by atoms with E-state index in [1.54, 1.807) is 0 Å². The van der Waals surface area contributed by atoms with Crippen LogP contribution in [0.3, 0.4) is 0 Å². The lowest BCUT2D eigenvalue weighted by Gasteiger charge is -2.11. The first-order chi connectivity index (χ1) is 6.04. The third-order valence-electron chi connectivity index (χ3n) is 1.26. The summed E-state index contributed by atoms with van der Waals surface area (Å²) >= 11 is 0. The van der Waals surface area contributed by atoms with E-state index in [4.69, 9.17) is 0 Å². The van der Waals surface area contributed by atoms with Crippen LogP contribution in [0.15, 0.2) is 11.3 Å². The molecule has 82 valence electrons. The smallest absolute Gasteiger partial charge is 0.0201 e. The van der Waals surface area contributed by atoms with E-state index in [0.717, 1.165) is 0 Å². The van der Waals surface area contributed by atoms with Crippen LogP contribution in [0.25, 0.3) is 0 Å². The van der Waals surface area contributed by atoms with E-state index in [1.165, 1.54) is 11.3 Å². The summed E-state index contributed by atoms with van der Waals surface area (Å²) in [7, 11) is 0. The summed E-state index contributed by atoms with van der Waals surface area (Å²) in [5.74, 6) is 0. The second kappa shape index (κ2) is 14.1. The van der Waals surface area contributed by atoms with Crippen molar-refractivity contribution in [3.8, 4) is 0 Å². The summed E-state index contributed by atoms with van der Waals surface area (Å²) < 4.78 is 0. The van der Waals surface area contributed by atoms with Gasteiger partial charge in [0.15, 0.2) is 0 Å². The molecule has 0 saturated carbocycles. The molecule has 1 N–H and O–H groups in total. The lowest BCUT2D eigenvalue weighted by molar-refractivity contribution is 0.663. The zero-order valence-corrected chi connectivity index (χ0v) is 11.1. The molecule has 0 rings (SSSR count). The zero-order valence-electron chi connectivity index (χ0n) is 11.1. The first kappa shape index (κ1) is 18.3. The molecule has 0 atom stereocenters. The largest absolute Gasteiger partial charge is 0.386 e. The quantitative estimate of drug-likeness (QED) is 0.677. The van der Waals surface area contributed by atoms with Crippen LogP contribution in [0.4, 0.5) is 0 Å². The van der Waals surface area contributed by atoms with Gasteiger partial charge in [-0.3, -0.25) is 0 Å². The van der Waals surface area contributed by atoms with Crippen LogP contribution in [-0.4, -0.2) is 6.04 Å². The molecule has 0 aliphatic carbocycles. The summed E-state index contributed by atoms with van der Waals surface area (Å²) in [4.78, 5) is 0. The predicted molar refractivity (Wildman–Crippen MR) is 65.0 cm³/mol. The highest BCUT2D eigenvalue weighted by molar-refractivity contribution is 5.04. The van der Waals surface area contributed by atoms with Crippen LogP contribution in [-0.2, 0) is 0 Å². The molecule has 0 fully saturated rings. The van der Waals surface area contributed by atoms with Crippen LogP contribution in [0, 0.1) is 0 Å². The molecule has 1 heteroatoms. The molecule has 0 spiro atoms. The maximum atomic E-state index is 3.32. The van der Waals surface area contributed by atoms with Gasteiger partial charge in [0.2, 0.25) is 0 Å².